The number of carbonyl (C=O) groups excluding carboxylic acids is 3. The number of hydrogen-bond donors (Lipinski definition) is 0. The maximum absolute atomic E-state index is 11.1. The molecule has 13 heavy (non-hydrogen) atoms. The maximum atomic E-state index is 11.1. The van der Waals surface area contributed by atoms with Crippen LogP contribution in [0.25, 0.3) is 0 Å². The predicted molar refractivity (Wildman–Crippen MR) is 46.3 cm³/mol. The van der Waals surface area contributed by atoms with Crippen LogP contribution in [0.2, 0.25) is 0 Å². The lowest BCUT2D eigenvalue weighted by atomic mass is 10.4. The summed E-state index contributed by atoms with van der Waals surface area (Å²) in [7, 11) is -0.923. The van der Waals surface area contributed by atoms with E-state index in [1.165, 1.54) is 0 Å². The van der Waals surface area contributed by atoms with E-state index in [1.54, 1.807) is 13.3 Å². The molecule has 0 bridgehead atoms. The number of hydrogen-bond acceptors (Lipinski definition) is 4. The highest BCUT2D eigenvalue weighted by molar-refractivity contribution is 7.72. The molecular weight excluding hydrogens is 193 g/mol. The molecule has 0 aromatic carbocycles. The molecule has 1 aliphatic heterocycles. The molecule has 1 saturated heterocycles. The van der Waals surface area contributed by atoms with Crippen LogP contribution in [0, 0.1) is 0 Å². The molecule has 0 spiro atoms. The van der Waals surface area contributed by atoms with Crippen molar-refractivity contribution in [2.24, 2.45) is 0 Å². The standard InChI is InChI=1S/C7H10NO4P/c1-13(2)7(11)12-8-5(9)3-4-6(8)10/h3-4H2,1-2H3. The van der Waals surface area contributed by atoms with Crippen LogP contribution in [0.3, 0.4) is 0 Å². The van der Waals surface area contributed by atoms with E-state index in [0.29, 0.717) is 5.06 Å². The Balaban J connectivity index is 2.58. The van der Waals surface area contributed by atoms with Gasteiger partial charge in [-0.3, -0.25) is 9.59 Å². The topological polar surface area (TPSA) is 63.7 Å². The van der Waals surface area contributed by atoms with Crippen molar-refractivity contribution < 1.29 is 19.2 Å². The molecule has 72 valence electrons. The second-order valence-corrected chi connectivity index (χ2v) is 4.99. The summed E-state index contributed by atoms with van der Waals surface area (Å²) in [6.45, 7) is 3.39. The predicted octanol–water partition coefficient (Wildman–Crippen LogP) is 0.928. The molecular formula is C7H10NO4P. The molecule has 2 amide bonds. The summed E-state index contributed by atoms with van der Waals surface area (Å²) in [4.78, 5) is 37.6. The number of nitrogens with zero attached hydrogens (tertiary/aromatic N) is 1. The van der Waals surface area contributed by atoms with Gasteiger partial charge in [0.25, 0.3) is 11.8 Å². The lowest BCUT2D eigenvalue weighted by Crippen LogP contribution is -2.30. The fraction of sp³-hybridized carbons (Fsp3) is 0.571. The van der Waals surface area contributed by atoms with E-state index in [4.69, 9.17) is 0 Å². The summed E-state index contributed by atoms with van der Waals surface area (Å²) in [6, 6.07) is 0. The van der Waals surface area contributed by atoms with Crippen LogP contribution in [-0.2, 0) is 14.4 Å². The fourth-order valence-corrected chi connectivity index (χ4v) is 1.06. The highest BCUT2D eigenvalue weighted by atomic mass is 31.1. The van der Waals surface area contributed by atoms with E-state index in [1.807, 2.05) is 0 Å². The van der Waals surface area contributed by atoms with E-state index in [9.17, 15) is 14.4 Å². The molecule has 0 aromatic rings. The molecule has 1 rings (SSSR count). The second-order valence-electron chi connectivity index (χ2n) is 2.83. The number of hydroxylamine groups is 2. The lowest BCUT2D eigenvalue weighted by molar-refractivity contribution is -0.169. The van der Waals surface area contributed by atoms with E-state index < -0.39 is 25.4 Å². The number of carbonyl (C=O) groups is 3. The van der Waals surface area contributed by atoms with Gasteiger partial charge < -0.3 is 4.84 Å². The third-order valence-electron chi connectivity index (χ3n) is 1.54. The summed E-state index contributed by atoms with van der Waals surface area (Å²) in [6.07, 6.45) is 0.273. The van der Waals surface area contributed by atoms with Crippen LogP contribution in [-0.4, -0.2) is 35.9 Å². The summed E-state index contributed by atoms with van der Waals surface area (Å²) in [5.41, 5.74) is -0.501. The van der Waals surface area contributed by atoms with E-state index in [2.05, 4.69) is 4.84 Å². The maximum Gasteiger partial charge on any atom is 0.351 e. The molecule has 0 unspecified atom stereocenters. The minimum Gasteiger partial charge on any atom is -0.326 e. The van der Waals surface area contributed by atoms with Gasteiger partial charge in [0.15, 0.2) is 0 Å². The summed E-state index contributed by atoms with van der Waals surface area (Å²) in [5, 5.41) is 0.574. The van der Waals surface area contributed by atoms with Crippen molar-refractivity contribution in [1.29, 1.82) is 0 Å². The quantitative estimate of drug-likeness (QED) is 0.494. The fourth-order valence-electron chi connectivity index (χ4n) is 0.818. The summed E-state index contributed by atoms with van der Waals surface area (Å²) in [5.74, 6) is -0.870. The van der Waals surface area contributed by atoms with Crippen molar-refractivity contribution in [1.82, 2.24) is 5.06 Å². The molecule has 0 atom stereocenters. The normalized spacial score (nSPS) is 17.0. The monoisotopic (exact) mass is 203 g/mol. The van der Waals surface area contributed by atoms with E-state index >= 15 is 0 Å². The largest absolute Gasteiger partial charge is 0.351 e. The van der Waals surface area contributed by atoms with Crippen molar-refractivity contribution >= 4 is 25.4 Å². The molecule has 5 nitrogen and oxygen atoms in total. The van der Waals surface area contributed by atoms with Gasteiger partial charge >= 0.3 is 5.71 Å². The Morgan fingerprint density at radius 3 is 2.15 bits per heavy atom. The Morgan fingerprint density at radius 1 is 1.31 bits per heavy atom. The van der Waals surface area contributed by atoms with Gasteiger partial charge in [-0.2, -0.15) is 0 Å². The Hall–Kier alpha value is -0.960. The number of amides is 2. The average Bonchev–Trinajstić information content (AvgIpc) is 2.35. The van der Waals surface area contributed by atoms with Crippen molar-refractivity contribution in [3.8, 4) is 0 Å². The Morgan fingerprint density at radius 2 is 1.77 bits per heavy atom. The number of imide groups is 1. The van der Waals surface area contributed by atoms with Gasteiger partial charge in [-0.15, -0.1) is 5.06 Å². The van der Waals surface area contributed by atoms with Crippen LogP contribution in [0.4, 0.5) is 4.79 Å². The first-order valence-electron chi connectivity index (χ1n) is 3.77. The van der Waals surface area contributed by atoms with Gasteiger partial charge in [0, 0.05) is 20.8 Å². The van der Waals surface area contributed by atoms with Crippen LogP contribution in [0.1, 0.15) is 12.8 Å². The molecule has 6 heteroatoms. The highest BCUT2D eigenvalue weighted by Crippen LogP contribution is 2.29. The molecule has 1 fully saturated rings. The van der Waals surface area contributed by atoms with Gasteiger partial charge in [0.05, 0.1) is 0 Å². The Labute approximate surface area is 76.7 Å². The van der Waals surface area contributed by atoms with Crippen molar-refractivity contribution in [2.75, 3.05) is 13.3 Å². The first kappa shape index (κ1) is 10.1. The third-order valence-corrected chi connectivity index (χ3v) is 2.35. The first-order chi connectivity index (χ1) is 6.02. The zero-order valence-electron chi connectivity index (χ0n) is 7.44. The summed E-state index contributed by atoms with van der Waals surface area (Å²) >= 11 is 0. The second kappa shape index (κ2) is 3.83. The van der Waals surface area contributed by atoms with Gasteiger partial charge in [0.1, 0.15) is 0 Å². The molecule has 1 heterocycles. The van der Waals surface area contributed by atoms with Crippen molar-refractivity contribution in [3.63, 3.8) is 0 Å². The van der Waals surface area contributed by atoms with Gasteiger partial charge in [-0.25, -0.2) is 4.79 Å². The van der Waals surface area contributed by atoms with Crippen molar-refractivity contribution in [3.05, 3.63) is 0 Å². The van der Waals surface area contributed by atoms with Gasteiger partial charge in [0.2, 0.25) is 0 Å². The van der Waals surface area contributed by atoms with E-state index in [-0.39, 0.29) is 12.8 Å². The molecule has 0 aliphatic carbocycles. The minimum atomic E-state index is -0.923. The van der Waals surface area contributed by atoms with Crippen LogP contribution >= 0.6 is 7.92 Å². The highest BCUT2D eigenvalue weighted by Gasteiger charge is 2.33. The van der Waals surface area contributed by atoms with Gasteiger partial charge in [-0.1, -0.05) is 0 Å². The third kappa shape index (κ3) is 2.25. The first-order valence-corrected chi connectivity index (χ1v) is 6.01. The lowest BCUT2D eigenvalue weighted by Gasteiger charge is -2.13. The van der Waals surface area contributed by atoms with E-state index in [0.717, 1.165) is 0 Å². The molecule has 0 saturated carbocycles. The van der Waals surface area contributed by atoms with Gasteiger partial charge in [-0.05, 0) is 13.3 Å². The molecule has 1 aliphatic rings. The smallest absolute Gasteiger partial charge is 0.326 e. The van der Waals surface area contributed by atoms with Crippen molar-refractivity contribution in [2.45, 2.75) is 12.8 Å². The Bertz CT molecular complexity index is 247. The summed E-state index contributed by atoms with van der Waals surface area (Å²) < 4.78 is 0. The zero-order chi connectivity index (χ0) is 10.0. The average molecular weight is 203 g/mol. The molecule has 0 radical (unpaired) electrons. The minimum absolute atomic E-state index is 0.136. The molecule has 0 N–H and O–H groups in total. The SMILES string of the molecule is CP(C)C(=O)ON1C(=O)CCC1=O. The number of rotatable bonds is 2. The molecule has 0 aromatic heterocycles. The van der Waals surface area contributed by atoms with Crippen LogP contribution < -0.4 is 0 Å². The van der Waals surface area contributed by atoms with Crippen LogP contribution in [0.15, 0.2) is 0 Å². The van der Waals surface area contributed by atoms with Crippen LogP contribution in [0.5, 0.6) is 0 Å². The zero-order valence-corrected chi connectivity index (χ0v) is 8.34. The Kier molecular flexibility index (Phi) is 2.98.